The van der Waals surface area contributed by atoms with Crippen molar-refractivity contribution in [3.8, 4) is 0 Å². The Balaban J connectivity index is -0.0000000853. The van der Waals surface area contributed by atoms with Crippen molar-refractivity contribution in [1.82, 2.24) is 0 Å². The van der Waals surface area contributed by atoms with Crippen LogP contribution in [0, 0.1) is 0 Å². The normalized spacial score (nSPS) is 9.30. The van der Waals surface area contributed by atoms with Gasteiger partial charge in [-0.25, -0.2) is 0 Å². The summed E-state index contributed by atoms with van der Waals surface area (Å²) in [6.07, 6.45) is 19.9. The van der Waals surface area contributed by atoms with E-state index in [1.54, 1.807) is 0 Å². The quantitative estimate of drug-likeness (QED) is 0.256. The van der Waals surface area contributed by atoms with Crippen LogP contribution in [0.2, 0.25) is 0 Å². The van der Waals surface area contributed by atoms with Crippen molar-refractivity contribution in [3.63, 3.8) is 0 Å². The second kappa shape index (κ2) is 31.6. The van der Waals surface area contributed by atoms with Crippen molar-refractivity contribution in [2.45, 2.75) is 96.8 Å². The molecule has 0 aliphatic carbocycles. The molecule has 110 valence electrons. The largest absolute Gasteiger partial charge is 1.00 e. The molecule has 0 aromatic rings. The third-order valence-corrected chi connectivity index (χ3v) is 3.56. The van der Waals surface area contributed by atoms with Crippen molar-refractivity contribution in [2.75, 3.05) is 6.54 Å². The van der Waals surface area contributed by atoms with Gasteiger partial charge < -0.3 is 10.0 Å². The molecule has 0 fully saturated rings. The number of hydrogen-bond acceptors (Lipinski definition) is 1. The Morgan fingerprint density at radius 1 is 0.500 bits per heavy atom. The molecule has 0 bridgehead atoms. The Morgan fingerprint density at radius 2 is 0.750 bits per heavy atom. The van der Waals surface area contributed by atoms with Gasteiger partial charge in [-0.05, 0) is 13.0 Å². The maximum atomic E-state index is 5.47. The summed E-state index contributed by atoms with van der Waals surface area (Å²) in [7, 11) is 0. The van der Waals surface area contributed by atoms with E-state index in [0.29, 0.717) is 0 Å². The van der Waals surface area contributed by atoms with Crippen molar-refractivity contribution >= 4 is 0 Å². The van der Waals surface area contributed by atoms with E-state index < -0.39 is 0 Å². The molecule has 0 atom stereocenters. The standard InChI is InChI=1S/C16H35N.3K.3H/c1-2-3-4-5-6-7-8-9-10-11-12-13-14-15-16-17;;;;;;/h2-17H2,1H3;;;;;;/q;3*+1;3*-1. The zero-order valence-corrected chi connectivity index (χ0v) is 24.6. The molecule has 2 N–H and O–H groups in total. The van der Waals surface area contributed by atoms with Crippen LogP contribution >= 0.6 is 0 Å². The Kier molecular flexibility index (Phi) is 51.4. The fourth-order valence-electron chi connectivity index (χ4n) is 2.34. The minimum absolute atomic E-state index is 0. The molecule has 0 aromatic carbocycles. The minimum Gasteiger partial charge on any atom is -1.00 e. The van der Waals surface area contributed by atoms with E-state index in [0.717, 1.165) is 6.54 Å². The van der Waals surface area contributed by atoms with Crippen LogP contribution in [-0.2, 0) is 0 Å². The second-order valence-corrected chi connectivity index (χ2v) is 5.38. The van der Waals surface area contributed by atoms with Gasteiger partial charge in [0.2, 0.25) is 0 Å². The Morgan fingerprint density at radius 3 is 1.00 bits per heavy atom. The molecule has 0 heterocycles. The summed E-state index contributed by atoms with van der Waals surface area (Å²) in [6.45, 7) is 3.16. The Labute approximate surface area is 261 Å². The van der Waals surface area contributed by atoms with E-state index in [2.05, 4.69) is 6.92 Å². The fourth-order valence-corrected chi connectivity index (χ4v) is 2.34. The number of rotatable bonds is 14. The zero-order valence-electron chi connectivity index (χ0n) is 18.2. The van der Waals surface area contributed by atoms with Gasteiger partial charge in [0.1, 0.15) is 0 Å². The zero-order chi connectivity index (χ0) is 12.6. The molecule has 0 amide bonds. The first-order valence-corrected chi connectivity index (χ1v) is 8.12. The summed E-state index contributed by atoms with van der Waals surface area (Å²) in [5, 5.41) is 0. The van der Waals surface area contributed by atoms with Crippen molar-refractivity contribution in [3.05, 3.63) is 0 Å². The molecule has 0 aromatic heterocycles. The smallest absolute Gasteiger partial charge is 1.00 e. The summed E-state index contributed by atoms with van der Waals surface area (Å²) < 4.78 is 0. The van der Waals surface area contributed by atoms with Gasteiger partial charge in [0, 0.05) is 0 Å². The molecule has 0 aliphatic rings. The SMILES string of the molecule is CCCCCCCCCCCCCCCCN.[H-].[H-].[H-].[K+].[K+].[K+]. The summed E-state index contributed by atoms with van der Waals surface area (Å²) >= 11 is 0. The van der Waals surface area contributed by atoms with E-state index in [1.165, 1.54) is 89.9 Å². The van der Waals surface area contributed by atoms with Crippen LogP contribution in [-0.4, -0.2) is 6.54 Å². The summed E-state index contributed by atoms with van der Waals surface area (Å²) in [6, 6.07) is 0. The summed E-state index contributed by atoms with van der Waals surface area (Å²) in [4.78, 5) is 0. The van der Waals surface area contributed by atoms with Crippen molar-refractivity contribution in [1.29, 1.82) is 0 Å². The van der Waals surface area contributed by atoms with E-state index in [-0.39, 0.29) is 158 Å². The van der Waals surface area contributed by atoms with Crippen LogP contribution in [0.5, 0.6) is 0 Å². The fraction of sp³-hybridized carbons (Fsp3) is 1.00. The number of nitrogens with two attached hydrogens (primary N) is 1. The monoisotopic (exact) mass is 361 g/mol. The topological polar surface area (TPSA) is 26.0 Å². The first kappa shape index (κ1) is 32.5. The van der Waals surface area contributed by atoms with Crippen LogP contribution in [0.15, 0.2) is 0 Å². The molecule has 0 spiro atoms. The first-order chi connectivity index (χ1) is 8.41. The molecule has 0 aliphatic heterocycles. The van der Waals surface area contributed by atoms with Gasteiger partial charge in [-0.3, -0.25) is 0 Å². The molecule has 20 heavy (non-hydrogen) atoms. The molecule has 0 saturated heterocycles. The molecule has 4 heteroatoms. The van der Waals surface area contributed by atoms with Crippen molar-refractivity contribution in [2.24, 2.45) is 5.73 Å². The van der Waals surface area contributed by atoms with Gasteiger partial charge in [0.15, 0.2) is 0 Å². The maximum Gasteiger partial charge on any atom is 1.00 e. The van der Waals surface area contributed by atoms with Crippen LogP contribution in [0.25, 0.3) is 0 Å². The number of unbranched alkanes of at least 4 members (excludes halogenated alkanes) is 13. The van der Waals surface area contributed by atoms with Gasteiger partial charge in [0.05, 0.1) is 0 Å². The number of hydrogen-bond donors (Lipinski definition) is 1. The molecule has 0 rings (SSSR count). The predicted molar refractivity (Wildman–Crippen MR) is 82.7 cm³/mol. The third-order valence-electron chi connectivity index (χ3n) is 3.56. The first-order valence-electron chi connectivity index (χ1n) is 8.12. The third kappa shape index (κ3) is 30.7. The average Bonchev–Trinajstić information content (AvgIpc) is 2.35. The average molecular weight is 362 g/mol. The summed E-state index contributed by atoms with van der Waals surface area (Å²) in [5.74, 6) is 0. The summed E-state index contributed by atoms with van der Waals surface area (Å²) in [5.41, 5.74) is 5.47. The van der Waals surface area contributed by atoms with Gasteiger partial charge in [-0.1, -0.05) is 90.4 Å². The van der Waals surface area contributed by atoms with E-state index in [4.69, 9.17) is 5.73 Å². The molecular weight excluding hydrogens is 323 g/mol. The molecule has 1 nitrogen and oxygen atoms in total. The predicted octanol–water partition coefficient (Wildman–Crippen LogP) is -3.22. The van der Waals surface area contributed by atoms with Gasteiger partial charge in [0.25, 0.3) is 0 Å². The molecule has 0 saturated carbocycles. The van der Waals surface area contributed by atoms with Crippen LogP contribution < -0.4 is 160 Å². The maximum absolute atomic E-state index is 5.47. The Bertz CT molecular complexity index is 134. The molecular formula is C16H38K3N. The van der Waals surface area contributed by atoms with Gasteiger partial charge >= 0.3 is 154 Å². The van der Waals surface area contributed by atoms with E-state index in [1.807, 2.05) is 0 Å². The molecule has 0 radical (unpaired) electrons. The van der Waals surface area contributed by atoms with Crippen LogP contribution in [0.3, 0.4) is 0 Å². The second-order valence-electron chi connectivity index (χ2n) is 5.38. The molecule has 0 unspecified atom stereocenters. The van der Waals surface area contributed by atoms with E-state index >= 15 is 0 Å². The minimum atomic E-state index is 0. The van der Waals surface area contributed by atoms with Gasteiger partial charge in [-0.2, -0.15) is 0 Å². The van der Waals surface area contributed by atoms with Gasteiger partial charge in [-0.15, -0.1) is 0 Å². The van der Waals surface area contributed by atoms with Crippen LogP contribution in [0.4, 0.5) is 0 Å². The Hall–Kier alpha value is 4.87. The van der Waals surface area contributed by atoms with E-state index in [9.17, 15) is 0 Å². The van der Waals surface area contributed by atoms with Crippen LogP contribution in [0.1, 0.15) is 101 Å². The van der Waals surface area contributed by atoms with Crippen molar-refractivity contribution < 1.29 is 158 Å².